The first-order valence-electron chi connectivity index (χ1n) is 13.4. The maximum absolute atomic E-state index is 11.7. The van der Waals surface area contributed by atoms with Crippen LogP contribution in [0.25, 0.3) is 0 Å². The topological polar surface area (TPSA) is 63.2 Å². The average Bonchev–Trinajstić information content (AvgIpc) is 3.17. The van der Waals surface area contributed by atoms with Crippen molar-refractivity contribution in [3.05, 3.63) is 23.3 Å². The van der Waals surface area contributed by atoms with Crippen LogP contribution in [0.5, 0.6) is 5.75 Å². The summed E-state index contributed by atoms with van der Waals surface area (Å²) >= 11 is 0. The van der Waals surface area contributed by atoms with Gasteiger partial charge in [0.2, 0.25) is 0 Å². The number of benzene rings is 1. The number of amidine groups is 1. The Morgan fingerprint density at radius 1 is 1.24 bits per heavy atom. The second-order valence-corrected chi connectivity index (χ2v) is 10.9. The Bertz CT molecular complexity index is 956. The molecule has 0 aromatic heterocycles. The van der Waals surface area contributed by atoms with Crippen molar-refractivity contribution in [2.24, 2.45) is 22.2 Å². The molecule has 34 heavy (non-hydrogen) atoms. The third-order valence-electron chi connectivity index (χ3n) is 9.34. The maximum Gasteiger partial charge on any atom is 0.302 e. The minimum atomic E-state index is -0.129. The van der Waals surface area contributed by atoms with Crippen LogP contribution >= 0.6 is 0 Å². The van der Waals surface area contributed by atoms with Crippen molar-refractivity contribution < 1.29 is 14.3 Å². The van der Waals surface area contributed by atoms with Gasteiger partial charge in [0.05, 0.1) is 12.2 Å². The highest BCUT2D eigenvalue weighted by molar-refractivity contribution is 6.00. The Kier molecular flexibility index (Phi) is 6.62. The summed E-state index contributed by atoms with van der Waals surface area (Å²) in [7, 11) is 0. The van der Waals surface area contributed by atoms with Crippen molar-refractivity contribution in [2.75, 3.05) is 38.1 Å². The molecule has 1 aromatic rings. The molecule has 6 heteroatoms. The fraction of sp³-hybridized carbons (Fsp3) is 0.714. The standard InChI is InChI=1S/C28H41N3O3/c1-5-31(6-2)16-15-29-26-17-33-24-11-9-19-20-13-14-28(4)23(10-12-25(28)34-18(3)32)21(20)7-8-22(19)27(24)30-26/h9,11,20-21,23,25H,5-8,10,12-17H2,1-4H3,(H,29,30)/t20-,21-,23+,25+,28+/m1/s1. The number of rotatable bonds is 6. The van der Waals surface area contributed by atoms with E-state index in [1.165, 1.54) is 30.4 Å². The summed E-state index contributed by atoms with van der Waals surface area (Å²) in [5.41, 5.74) is 4.23. The van der Waals surface area contributed by atoms with Gasteiger partial charge in [0.25, 0.3) is 0 Å². The molecule has 0 bridgehead atoms. The van der Waals surface area contributed by atoms with E-state index in [0.717, 1.165) is 62.7 Å². The molecular weight excluding hydrogens is 426 g/mol. The molecule has 1 heterocycles. The summed E-state index contributed by atoms with van der Waals surface area (Å²) in [4.78, 5) is 18.9. The smallest absolute Gasteiger partial charge is 0.302 e. The number of carbonyl (C=O) groups excluding carboxylic acids is 1. The number of fused-ring (bicyclic) bond motifs is 7. The largest absolute Gasteiger partial charge is 0.484 e. The lowest BCUT2D eigenvalue weighted by atomic mass is 9.55. The Labute approximate surface area is 204 Å². The van der Waals surface area contributed by atoms with Gasteiger partial charge < -0.3 is 19.7 Å². The van der Waals surface area contributed by atoms with E-state index < -0.39 is 0 Å². The molecule has 1 aromatic carbocycles. The summed E-state index contributed by atoms with van der Waals surface area (Å²) in [6.07, 6.45) is 6.88. The van der Waals surface area contributed by atoms with Gasteiger partial charge in [-0.25, -0.2) is 0 Å². The predicted molar refractivity (Wildman–Crippen MR) is 136 cm³/mol. The van der Waals surface area contributed by atoms with Crippen molar-refractivity contribution in [2.45, 2.75) is 78.2 Å². The lowest BCUT2D eigenvalue weighted by Crippen LogP contribution is -2.45. The van der Waals surface area contributed by atoms with E-state index in [4.69, 9.17) is 14.5 Å². The summed E-state index contributed by atoms with van der Waals surface area (Å²) in [6.45, 7) is 12.8. The van der Waals surface area contributed by atoms with Gasteiger partial charge in [-0.05, 0) is 86.6 Å². The number of carbonyl (C=O) groups is 1. The van der Waals surface area contributed by atoms with Crippen LogP contribution < -0.4 is 10.1 Å². The molecule has 2 fully saturated rings. The molecular formula is C28H41N3O3. The summed E-state index contributed by atoms with van der Waals surface area (Å²) in [6, 6.07) is 4.50. The van der Waals surface area contributed by atoms with E-state index in [9.17, 15) is 4.79 Å². The molecule has 0 unspecified atom stereocenters. The van der Waals surface area contributed by atoms with Crippen LogP contribution in [0.1, 0.15) is 76.8 Å². The van der Waals surface area contributed by atoms with Crippen LogP contribution in [0.15, 0.2) is 17.1 Å². The molecule has 2 saturated carbocycles. The Morgan fingerprint density at radius 3 is 2.82 bits per heavy atom. The second kappa shape index (κ2) is 9.52. The molecule has 1 N–H and O–H groups in total. The molecule has 3 aliphatic carbocycles. The number of aliphatic imine (C=N–C) groups is 1. The van der Waals surface area contributed by atoms with Crippen LogP contribution in [-0.2, 0) is 16.0 Å². The van der Waals surface area contributed by atoms with Gasteiger partial charge in [0, 0.05) is 18.9 Å². The second-order valence-electron chi connectivity index (χ2n) is 10.9. The van der Waals surface area contributed by atoms with Crippen LogP contribution in [0.4, 0.5) is 5.69 Å². The van der Waals surface area contributed by atoms with Crippen LogP contribution in [0.3, 0.4) is 0 Å². The third-order valence-corrected chi connectivity index (χ3v) is 9.34. The molecule has 1 aliphatic heterocycles. The highest BCUT2D eigenvalue weighted by Crippen LogP contribution is 2.62. The van der Waals surface area contributed by atoms with Crippen molar-refractivity contribution in [1.82, 2.24) is 4.90 Å². The maximum atomic E-state index is 11.7. The van der Waals surface area contributed by atoms with Crippen molar-refractivity contribution in [3.8, 4) is 5.75 Å². The minimum Gasteiger partial charge on any atom is -0.484 e. The first-order chi connectivity index (χ1) is 16.4. The lowest BCUT2D eigenvalue weighted by Gasteiger charge is -2.50. The monoisotopic (exact) mass is 467 g/mol. The highest BCUT2D eigenvalue weighted by atomic mass is 16.5. The SMILES string of the molecule is CCN(CC)CCN=C1COc2ccc3c(c2N1)CC[C@@H]1[C@@H]3CC[C@]2(C)[C@@H](OC(C)=O)CC[C@@H]12. The van der Waals surface area contributed by atoms with Gasteiger partial charge in [-0.3, -0.25) is 9.79 Å². The van der Waals surface area contributed by atoms with Crippen molar-refractivity contribution >= 4 is 17.5 Å². The number of esters is 1. The zero-order valence-corrected chi connectivity index (χ0v) is 21.4. The minimum absolute atomic E-state index is 0.0889. The number of hydrogen-bond acceptors (Lipinski definition) is 5. The van der Waals surface area contributed by atoms with Gasteiger partial charge in [-0.15, -0.1) is 0 Å². The normalized spacial score (nSPS) is 32.8. The number of nitrogens with one attached hydrogen (secondary N) is 1. The predicted octanol–water partition coefficient (Wildman–Crippen LogP) is 5.02. The number of nitrogens with zero attached hydrogens (tertiary/aromatic N) is 2. The summed E-state index contributed by atoms with van der Waals surface area (Å²) < 4.78 is 11.9. The molecule has 0 spiro atoms. The quantitative estimate of drug-likeness (QED) is 0.595. The molecule has 186 valence electrons. The molecule has 6 nitrogen and oxygen atoms in total. The Morgan fingerprint density at radius 2 is 2.06 bits per heavy atom. The van der Waals surface area contributed by atoms with Crippen molar-refractivity contribution in [3.63, 3.8) is 0 Å². The van der Waals surface area contributed by atoms with Gasteiger partial charge in [0.15, 0.2) is 0 Å². The number of ether oxygens (including phenoxy) is 2. The van der Waals surface area contributed by atoms with Crippen LogP contribution in [0.2, 0.25) is 0 Å². The van der Waals surface area contributed by atoms with Gasteiger partial charge >= 0.3 is 5.97 Å². The molecule has 0 radical (unpaired) electrons. The Hall–Kier alpha value is -2.08. The summed E-state index contributed by atoms with van der Waals surface area (Å²) in [5.74, 6) is 3.70. The molecule has 5 atom stereocenters. The lowest BCUT2D eigenvalue weighted by molar-refractivity contribution is -0.154. The molecule has 4 aliphatic rings. The average molecular weight is 468 g/mol. The van der Waals surface area contributed by atoms with Crippen molar-refractivity contribution in [1.29, 1.82) is 0 Å². The number of anilines is 1. The third kappa shape index (κ3) is 4.12. The number of hydrogen-bond donors (Lipinski definition) is 1. The zero-order chi connectivity index (χ0) is 23.9. The molecule has 0 saturated heterocycles. The first kappa shape index (κ1) is 23.7. The first-order valence-corrected chi connectivity index (χ1v) is 13.4. The van der Waals surface area contributed by atoms with E-state index in [2.05, 4.69) is 43.1 Å². The number of likely N-dealkylation sites (N-methyl/N-ethyl adjacent to an activating group) is 1. The molecule has 5 rings (SSSR count). The van der Waals surface area contributed by atoms with E-state index in [0.29, 0.717) is 24.4 Å². The summed E-state index contributed by atoms with van der Waals surface area (Å²) in [5, 5.41) is 3.66. The highest BCUT2D eigenvalue weighted by Gasteiger charge is 2.56. The van der Waals surface area contributed by atoms with Crippen LogP contribution in [0, 0.1) is 17.3 Å². The fourth-order valence-corrected chi connectivity index (χ4v) is 7.53. The van der Waals surface area contributed by atoms with E-state index in [-0.39, 0.29) is 17.5 Å². The Balaban J connectivity index is 1.34. The van der Waals surface area contributed by atoms with Gasteiger partial charge in [-0.1, -0.05) is 26.8 Å². The van der Waals surface area contributed by atoms with E-state index >= 15 is 0 Å². The van der Waals surface area contributed by atoms with E-state index in [1.54, 1.807) is 6.92 Å². The fourth-order valence-electron chi connectivity index (χ4n) is 7.53. The van der Waals surface area contributed by atoms with Crippen LogP contribution in [-0.4, -0.2) is 55.6 Å². The van der Waals surface area contributed by atoms with Gasteiger partial charge in [0.1, 0.15) is 24.3 Å². The van der Waals surface area contributed by atoms with Gasteiger partial charge in [-0.2, -0.15) is 0 Å². The molecule has 0 amide bonds. The zero-order valence-electron chi connectivity index (χ0n) is 21.4. The van der Waals surface area contributed by atoms with E-state index in [1.807, 2.05) is 0 Å².